The normalized spacial score (nSPS) is 16.4. The molecule has 1 aliphatic heterocycles. The van der Waals surface area contributed by atoms with E-state index >= 15 is 0 Å². The molecule has 80 valence electrons. The number of aromatic nitrogens is 1. The number of hydrogen-bond acceptors (Lipinski definition) is 3. The summed E-state index contributed by atoms with van der Waals surface area (Å²) in [4.78, 5) is 17.5. The van der Waals surface area contributed by atoms with Crippen molar-refractivity contribution in [1.29, 1.82) is 0 Å². The Hall–Kier alpha value is -1.10. The van der Waals surface area contributed by atoms with E-state index in [1.165, 1.54) is 0 Å². The number of hydrogen-bond donors (Lipinski definition) is 1. The number of halogens is 1. The van der Waals surface area contributed by atoms with E-state index in [0.717, 1.165) is 15.9 Å². The van der Waals surface area contributed by atoms with Crippen LogP contribution in [0.25, 0.3) is 0 Å². The van der Waals surface area contributed by atoms with Crippen LogP contribution in [0.1, 0.15) is 12.0 Å². The number of amides is 1. The van der Waals surface area contributed by atoms with Crippen LogP contribution in [0.4, 0.5) is 5.82 Å². The summed E-state index contributed by atoms with van der Waals surface area (Å²) >= 11 is 3.38. The molecule has 1 amide bonds. The van der Waals surface area contributed by atoms with Gasteiger partial charge in [-0.3, -0.25) is 4.79 Å². The van der Waals surface area contributed by atoms with Gasteiger partial charge in [0.05, 0.1) is 0 Å². The average molecular weight is 270 g/mol. The van der Waals surface area contributed by atoms with E-state index in [1.54, 1.807) is 11.1 Å². The minimum Gasteiger partial charge on any atom is -0.369 e. The Kier molecular flexibility index (Phi) is 2.90. The van der Waals surface area contributed by atoms with Gasteiger partial charge in [0.1, 0.15) is 5.82 Å². The fourth-order valence-electron chi connectivity index (χ4n) is 1.58. The van der Waals surface area contributed by atoms with Crippen LogP contribution in [0.15, 0.2) is 16.7 Å². The lowest BCUT2D eigenvalue weighted by molar-refractivity contribution is -0.130. The molecule has 0 saturated heterocycles. The van der Waals surface area contributed by atoms with Crippen molar-refractivity contribution in [3.63, 3.8) is 0 Å². The van der Waals surface area contributed by atoms with Crippen LogP contribution in [0.3, 0.4) is 0 Å². The predicted molar refractivity (Wildman–Crippen MR) is 61.5 cm³/mol. The van der Waals surface area contributed by atoms with E-state index in [2.05, 4.69) is 26.2 Å². The van der Waals surface area contributed by atoms with Crippen molar-refractivity contribution < 1.29 is 4.79 Å². The molecule has 1 aliphatic rings. The molecule has 0 saturated carbocycles. The molecule has 0 fully saturated rings. The van der Waals surface area contributed by atoms with Gasteiger partial charge in [0.15, 0.2) is 0 Å². The highest BCUT2D eigenvalue weighted by Gasteiger charge is 2.15. The highest BCUT2D eigenvalue weighted by molar-refractivity contribution is 9.10. The SMILES string of the molecule is CN1Cc2cc(Br)cnc2NCCC1=O. The Balaban J connectivity index is 2.33. The Labute approximate surface area is 96.8 Å². The zero-order chi connectivity index (χ0) is 10.8. The molecule has 2 rings (SSSR count). The second kappa shape index (κ2) is 4.18. The summed E-state index contributed by atoms with van der Waals surface area (Å²) in [6.07, 6.45) is 2.28. The number of nitrogens with one attached hydrogen (secondary N) is 1. The van der Waals surface area contributed by atoms with Crippen LogP contribution < -0.4 is 5.32 Å². The first-order valence-corrected chi connectivity index (χ1v) is 5.58. The topological polar surface area (TPSA) is 45.2 Å². The summed E-state index contributed by atoms with van der Waals surface area (Å²) in [5, 5.41) is 3.16. The van der Waals surface area contributed by atoms with Gasteiger partial charge in [0, 0.05) is 42.8 Å². The number of rotatable bonds is 0. The number of carbonyl (C=O) groups excluding carboxylic acids is 1. The molecule has 5 heteroatoms. The molecule has 0 unspecified atom stereocenters. The molecule has 1 N–H and O–H groups in total. The summed E-state index contributed by atoms with van der Waals surface area (Å²) in [5.74, 6) is 1.03. The first-order chi connectivity index (χ1) is 7.16. The summed E-state index contributed by atoms with van der Waals surface area (Å²) in [6, 6.07) is 1.99. The summed E-state index contributed by atoms with van der Waals surface area (Å²) in [5.41, 5.74) is 1.04. The van der Waals surface area contributed by atoms with Crippen molar-refractivity contribution in [2.24, 2.45) is 0 Å². The molecule has 0 aromatic carbocycles. The number of nitrogens with zero attached hydrogens (tertiary/aromatic N) is 2. The zero-order valence-electron chi connectivity index (χ0n) is 8.46. The quantitative estimate of drug-likeness (QED) is 0.779. The summed E-state index contributed by atoms with van der Waals surface area (Å²) in [7, 11) is 1.82. The molecular weight excluding hydrogens is 258 g/mol. The predicted octanol–water partition coefficient (Wildman–Crippen LogP) is 1.62. The van der Waals surface area contributed by atoms with E-state index in [-0.39, 0.29) is 5.91 Å². The number of anilines is 1. The summed E-state index contributed by atoms with van der Waals surface area (Å²) < 4.78 is 0.935. The van der Waals surface area contributed by atoms with Gasteiger partial charge in [-0.05, 0) is 22.0 Å². The highest BCUT2D eigenvalue weighted by atomic mass is 79.9. The maximum Gasteiger partial charge on any atom is 0.224 e. The third-order valence-electron chi connectivity index (χ3n) is 2.40. The number of pyridine rings is 1. The molecule has 0 bridgehead atoms. The molecule has 0 aliphatic carbocycles. The second-order valence-corrected chi connectivity index (χ2v) is 4.50. The maximum absolute atomic E-state index is 11.5. The van der Waals surface area contributed by atoms with Crippen molar-refractivity contribution in [1.82, 2.24) is 9.88 Å². The Morgan fingerprint density at radius 3 is 3.20 bits per heavy atom. The van der Waals surface area contributed by atoms with Gasteiger partial charge in [0.2, 0.25) is 5.91 Å². The van der Waals surface area contributed by atoms with Gasteiger partial charge >= 0.3 is 0 Å². The van der Waals surface area contributed by atoms with Crippen molar-refractivity contribution in [3.8, 4) is 0 Å². The molecule has 2 heterocycles. The molecule has 1 aromatic heterocycles. The molecule has 1 aromatic rings. The van der Waals surface area contributed by atoms with Crippen molar-refractivity contribution in [2.45, 2.75) is 13.0 Å². The highest BCUT2D eigenvalue weighted by Crippen LogP contribution is 2.21. The van der Waals surface area contributed by atoms with Crippen molar-refractivity contribution >= 4 is 27.7 Å². The third-order valence-corrected chi connectivity index (χ3v) is 2.83. The second-order valence-electron chi connectivity index (χ2n) is 3.59. The Morgan fingerprint density at radius 1 is 1.60 bits per heavy atom. The summed E-state index contributed by atoms with van der Waals surface area (Å²) in [6.45, 7) is 1.25. The molecular formula is C10H12BrN3O. The van der Waals surface area contributed by atoms with Gasteiger partial charge < -0.3 is 10.2 Å². The van der Waals surface area contributed by atoms with Crippen LogP contribution in [0, 0.1) is 0 Å². The van der Waals surface area contributed by atoms with E-state index in [0.29, 0.717) is 19.5 Å². The molecule has 15 heavy (non-hydrogen) atoms. The number of fused-ring (bicyclic) bond motifs is 1. The van der Waals surface area contributed by atoms with Crippen LogP contribution in [0.2, 0.25) is 0 Å². The van der Waals surface area contributed by atoms with E-state index in [9.17, 15) is 4.79 Å². The maximum atomic E-state index is 11.5. The lowest BCUT2D eigenvalue weighted by Crippen LogP contribution is -2.30. The van der Waals surface area contributed by atoms with Crippen LogP contribution in [-0.4, -0.2) is 29.4 Å². The monoisotopic (exact) mass is 269 g/mol. The lowest BCUT2D eigenvalue weighted by Gasteiger charge is -2.22. The third kappa shape index (κ3) is 2.28. The first-order valence-electron chi connectivity index (χ1n) is 4.79. The largest absolute Gasteiger partial charge is 0.369 e. The first kappa shape index (κ1) is 10.4. The molecule has 0 spiro atoms. The minimum atomic E-state index is 0.160. The van der Waals surface area contributed by atoms with Crippen LogP contribution >= 0.6 is 15.9 Å². The Morgan fingerprint density at radius 2 is 2.40 bits per heavy atom. The van der Waals surface area contributed by atoms with Gasteiger partial charge in [0.25, 0.3) is 0 Å². The van der Waals surface area contributed by atoms with E-state index in [1.807, 2.05) is 13.1 Å². The van der Waals surface area contributed by atoms with E-state index < -0.39 is 0 Å². The molecule has 0 atom stereocenters. The minimum absolute atomic E-state index is 0.160. The smallest absolute Gasteiger partial charge is 0.224 e. The fraction of sp³-hybridized carbons (Fsp3) is 0.400. The van der Waals surface area contributed by atoms with Crippen LogP contribution in [-0.2, 0) is 11.3 Å². The van der Waals surface area contributed by atoms with E-state index in [4.69, 9.17) is 0 Å². The van der Waals surface area contributed by atoms with Crippen LogP contribution in [0.5, 0.6) is 0 Å². The lowest BCUT2D eigenvalue weighted by atomic mass is 10.2. The van der Waals surface area contributed by atoms with Gasteiger partial charge in [-0.15, -0.1) is 0 Å². The van der Waals surface area contributed by atoms with Crippen molar-refractivity contribution in [2.75, 3.05) is 18.9 Å². The zero-order valence-corrected chi connectivity index (χ0v) is 10.0. The molecule has 0 radical (unpaired) electrons. The van der Waals surface area contributed by atoms with Gasteiger partial charge in [-0.1, -0.05) is 0 Å². The van der Waals surface area contributed by atoms with Gasteiger partial charge in [-0.2, -0.15) is 0 Å². The Bertz CT molecular complexity index is 394. The standard InChI is InChI=1S/C10H12BrN3O/c1-14-6-7-4-8(11)5-13-10(7)12-3-2-9(14)15/h4-5H,2-3,6H2,1H3,(H,12,13). The average Bonchev–Trinajstić information content (AvgIpc) is 2.19. The fourth-order valence-corrected chi connectivity index (χ4v) is 1.96. The van der Waals surface area contributed by atoms with Crippen molar-refractivity contribution in [3.05, 3.63) is 22.3 Å². The van der Waals surface area contributed by atoms with Gasteiger partial charge in [-0.25, -0.2) is 4.98 Å². The number of carbonyl (C=O) groups is 1. The molecule has 4 nitrogen and oxygen atoms in total.